The topological polar surface area (TPSA) is 131 Å². The van der Waals surface area contributed by atoms with E-state index in [0.29, 0.717) is 17.3 Å². The van der Waals surface area contributed by atoms with Crippen LogP contribution in [0.15, 0.2) is 82.4 Å². The van der Waals surface area contributed by atoms with Crippen LogP contribution in [0.5, 0.6) is 0 Å². The van der Waals surface area contributed by atoms with Crippen LogP contribution in [-0.2, 0) is 19.5 Å². The molecule has 3 N–H and O–H groups in total. The number of carbonyl (C=O) groups is 2. The molecule has 0 radical (unpaired) electrons. The van der Waals surface area contributed by atoms with E-state index in [4.69, 9.17) is 10.3 Å². The van der Waals surface area contributed by atoms with Gasteiger partial charge in [-0.1, -0.05) is 36.4 Å². The highest BCUT2D eigenvalue weighted by atomic mass is 16.5. The van der Waals surface area contributed by atoms with Crippen molar-refractivity contribution < 1.29 is 19.9 Å². The number of hydroxylamine groups is 1. The third-order valence-electron chi connectivity index (χ3n) is 5.62. The lowest BCUT2D eigenvalue weighted by Gasteiger charge is -2.14. The molecule has 1 aromatic heterocycles. The standard InChI is InChI=1S/C25H21N3O6/c29-22(26-34)18-9-7-17(8-10-18)15-28-21-4-2-1-3-20(21)23(30)27(25(28)33)14-13-16-5-11-19(12-6-16)24(31)32/h1-12,34H,13-15H2,(H,26,29)(H,31,32). The van der Waals surface area contributed by atoms with Crippen molar-refractivity contribution in [1.29, 1.82) is 0 Å². The van der Waals surface area contributed by atoms with Crippen LogP contribution in [-0.4, -0.2) is 31.3 Å². The molecule has 0 atom stereocenters. The first kappa shape index (κ1) is 22.7. The van der Waals surface area contributed by atoms with Gasteiger partial charge in [0.25, 0.3) is 11.5 Å². The number of hydrogen-bond donors (Lipinski definition) is 3. The Morgan fingerprint density at radius 2 is 1.41 bits per heavy atom. The number of benzene rings is 3. The maximum absolute atomic E-state index is 13.3. The van der Waals surface area contributed by atoms with Crippen LogP contribution in [0.25, 0.3) is 10.9 Å². The minimum atomic E-state index is -1.02. The molecule has 4 rings (SSSR count). The highest BCUT2D eigenvalue weighted by Crippen LogP contribution is 2.12. The summed E-state index contributed by atoms with van der Waals surface area (Å²) >= 11 is 0. The number of rotatable bonds is 7. The van der Waals surface area contributed by atoms with Crippen LogP contribution < -0.4 is 16.7 Å². The summed E-state index contributed by atoms with van der Waals surface area (Å²) in [5, 5.41) is 18.2. The van der Waals surface area contributed by atoms with E-state index < -0.39 is 23.1 Å². The number of carboxylic acid groups (broad SMARTS) is 1. The number of aryl methyl sites for hydroxylation is 1. The Balaban J connectivity index is 1.69. The van der Waals surface area contributed by atoms with Gasteiger partial charge in [-0.15, -0.1) is 0 Å². The van der Waals surface area contributed by atoms with Gasteiger partial charge in [0, 0.05) is 12.1 Å². The fraction of sp³-hybridized carbons (Fsp3) is 0.120. The number of aromatic nitrogens is 2. The smallest absolute Gasteiger partial charge is 0.335 e. The van der Waals surface area contributed by atoms with Crippen molar-refractivity contribution in [2.24, 2.45) is 0 Å². The van der Waals surface area contributed by atoms with E-state index in [-0.39, 0.29) is 24.2 Å². The SMILES string of the molecule is O=C(O)c1ccc(CCn2c(=O)c3ccccc3n(Cc3ccc(C(=O)NO)cc3)c2=O)cc1. The summed E-state index contributed by atoms with van der Waals surface area (Å²) in [6.07, 6.45) is 0.373. The summed E-state index contributed by atoms with van der Waals surface area (Å²) in [5.74, 6) is -1.66. The molecular weight excluding hydrogens is 438 g/mol. The predicted molar refractivity (Wildman–Crippen MR) is 124 cm³/mol. The first-order valence-corrected chi connectivity index (χ1v) is 10.5. The minimum absolute atomic E-state index is 0.129. The van der Waals surface area contributed by atoms with Crippen LogP contribution >= 0.6 is 0 Å². The molecule has 0 aliphatic carbocycles. The van der Waals surface area contributed by atoms with E-state index in [1.54, 1.807) is 54.0 Å². The van der Waals surface area contributed by atoms with Crippen molar-refractivity contribution in [3.05, 3.63) is 116 Å². The molecule has 9 nitrogen and oxygen atoms in total. The molecule has 0 aliphatic heterocycles. The van der Waals surface area contributed by atoms with E-state index in [1.807, 2.05) is 0 Å². The van der Waals surface area contributed by atoms with Gasteiger partial charge >= 0.3 is 11.7 Å². The molecule has 0 aliphatic rings. The third-order valence-corrected chi connectivity index (χ3v) is 5.62. The number of para-hydroxylation sites is 1. The predicted octanol–water partition coefficient (Wildman–Crippen LogP) is 2.27. The second-order valence-electron chi connectivity index (χ2n) is 7.73. The summed E-state index contributed by atoms with van der Waals surface area (Å²) in [7, 11) is 0. The second kappa shape index (κ2) is 9.55. The van der Waals surface area contributed by atoms with Gasteiger partial charge in [0.2, 0.25) is 0 Å². The molecule has 0 saturated heterocycles. The van der Waals surface area contributed by atoms with Crippen LogP contribution in [0.2, 0.25) is 0 Å². The van der Waals surface area contributed by atoms with Gasteiger partial charge in [0.05, 0.1) is 23.0 Å². The molecular formula is C25H21N3O6. The molecule has 1 amide bonds. The third kappa shape index (κ3) is 4.50. The zero-order chi connectivity index (χ0) is 24.2. The van der Waals surface area contributed by atoms with E-state index in [0.717, 1.165) is 11.1 Å². The minimum Gasteiger partial charge on any atom is -0.478 e. The number of fused-ring (bicyclic) bond motifs is 1. The van der Waals surface area contributed by atoms with Gasteiger partial charge in [0.1, 0.15) is 0 Å². The Hall–Kier alpha value is -4.50. The molecule has 3 aromatic carbocycles. The Bertz CT molecular complexity index is 1480. The van der Waals surface area contributed by atoms with Crippen LogP contribution in [0.1, 0.15) is 31.8 Å². The highest BCUT2D eigenvalue weighted by molar-refractivity contribution is 5.93. The molecule has 4 aromatic rings. The fourth-order valence-corrected chi connectivity index (χ4v) is 3.78. The van der Waals surface area contributed by atoms with Crippen LogP contribution in [0, 0.1) is 0 Å². The van der Waals surface area contributed by atoms with E-state index >= 15 is 0 Å². The Labute approximate surface area is 193 Å². The summed E-state index contributed by atoms with van der Waals surface area (Å²) in [6.45, 7) is 0.304. The number of hydrogen-bond acceptors (Lipinski definition) is 5. The average molecular weight is 459 g/mol. The van der Waals surface area contributed by atoms with Gasteiger partial charge in [-0.25, -0.2) is 15.1 Å². The van der Waals surface area contributed by atoms with Crippen LogP contribution in [0.3, 0.4) is 0 Å². The van der Waals surface area contributed by atoms with Gasteiger partial charge < -0.3 is 5.11 Å². The van der Waals surface area contributed by atoms with Crippen molar-refractivity contribution in [3.63, 3.8) is 0 Å². The lowest BCUT2D eigenvalue weighted by atomic mass is 10.1. The lowest BCUT2D eigenvalue weighted by molar-refractivity contribution is 0.0693. The lowest BCUT2D eigenvalue weighted by Crippen LogP contribution is -2.40. The zero-order valence-corrected chi connectivity index (χ0v) is 18.0. The highest BCUT2D eigenvalue weighted by Gasteiger charge is 2.14. The summed E-state index contributed by atoms with van der Waals surface area (Å²) in [4.78, 5) is 49.0. The number of aromatic carboxylic acids is 1. The molecule has 0 unspecified atom stereocenters. The molecule has 9 heteroatoms. The van der Waals surface area contributed by atoms with E-state index in [9.17, 15) is 19.2 Å². The van der Waals surface area contributed by atoms with Crippen molar-refractivity contribution in [2.75, 3.05) is 0 Å². The molecule has 0 bridgehead atoms. The number of nitrogens with zero attached hydrogens (tertiary/aromatic N) is 2. The molecule has 172 valence electrons. The molecule has 0 fully saturated rings. The van der Waals surface area contributed by atoms with Gasteiger partial charge in [-0.05, 0) is 53.9 Å². The number of carboxylic acids is 1. The second-order valence-corrected chi connectivity index (χ2v) is 7.73. The molecule has 0 saturated carbocycles. The van der Waals surface area contributed by atoms with Crippen LogP contribution in [0.4, 0.5) is 0 Å². The Kier molecular flexibility index (Phi) is 6.37. The maximum Gasteiger partial charge on any atom is 0.335 e. The first-order valence-electron chi connectivity index (χ1n) is 10.5. The largest absolute Gasteiger partial charge is 0.478 e. The number of amides is 1. The van der Waals surface area contributed by atoms with Crippen molar-refractivity contribution >= 4 is 22.8 Å². The fourth-order valence-electron chi connectivity index (χ4n) is 3.78. The first-order chi connectivity index (χ1) is 16.4. The van der Waals surface area contributed by atoms with Gasteiger partial charge in [-0.3, -0.25) is 23.9 Å². The Morgan fingerprint density at radius 3 is 2.06 bits per heavy atom. The van der Waals surface area contributed by atoms with Crippen molar-refractivity contribution in [3.8, 4) is 0 Å². The quantitative estimate of drug-likeness (QED) is 0.287. The van der Waals surface area contributed by atoms with E-state index in [1.165, 1.54) is 33.4 Å². The van der Waals surface area contributed by atoms with Crippen molar-refractivity contribution in [2.45, 2.75) is 19.5 Å². The van der Waals surface area contributed by atoms with E-state index in [2.05, 4.69) is 0 Å². The monoisotopic (exact) mass is 459 g/mol. The van der Waals surface area contributed by atoms with Gasteiger partial charge in [0.15, 0.2) is 0 Å². The normalized spacial score (nSPS) is 10.9. The molecule has 1 heterocycles. The summed E-state index contributed by atoms with van der Waals surface area (Å²) < 4.78 is 2.69. The van der Waals surface area contributed by atoms with Crippen molar-refractivity contribution in [1.82, 2.24) is 14.6 Å². The molecule has 34 heavy (non-hydrogen) atoms. The average Bonchev–Trinajstić information content (AvgIpc) is 2.86. The van der Waals surface area contributed by atoms with Gasteiger partial charge in [-0.2, -0.15) is 0 Å². The Morgan fingerprint density at radius 1 is 0.794 bits per heavy atom. The zero-order valence-electron chi connectivity index (χ0n) is 18.0. The summed E-state index contributed by atoms with van der Waals surface area (Å²) in [5.41, 5.74) is 3.17. The molecule has 0 spiro atoms. The number of nitrogens with one attached hydrogen (secondary N) is 1. The maximum atomic E-state index is 13.3. The summed E-state index contributed by atoms with van der Waals surface area (Å²) in [6, 6.07) is 19.6. The number of carbonyl (C=O) groups excluding carboxylic acids is 1.